The van der Waals surface area contributed by atoms with Gasteiger partial charge >= 0.3 is 6.36 Å². The quantitative estimate of drug-likeness (QED) is 0.813. The maximum atomic E-state index is 12.0. The molecule has 0 fully saturated rings. The number of benzene rings is 1. The third-order valence-corrected chi connectivity index (χ3v) is 3.06. The standard InChI is InChI=1S/C10H11F3INO2/c1-9(15,5-16)7-4-6(2-3-8(7)14)17-10(11,12)13/h2-4,16H,5,15H2,1H3/t9-/m0/s1. The summed E-state index contributed by atoms with van der Waals surface area (Å²) in [5.74, 6) is -0.349. The molecule has 1 atom stereocenters. The molecule has 0 bridgehead atoms. The lowest BCUT2D eigenvalue weighted by Gasteiger charge is -2.24. The van der Waals surface area contributed by atoms with Gasteiger partial charge in [0, 0.05) is 3.57 Å². The van der Waals surface area contributed by atoms with Crippen molar-refractivity contribution in [2.45, 2.75) is 18.8 Å². The van der Waals surface area contributed by atoms with Crippen LogP contribution in [0.25, 0.3) is 0 Å². The minimum atomic E-state index is -4.74. The molecule has 0 aromatic heterocycles. The molecule has 0 aliphatic rings. The van der Waals surface area contributed by atoms with Crippen molar-refractivity contribution in [2.24, 2.45) is 5.73 Å². The molecule has 7 heteroatoms. The molecule has 0 spiro atoms. The number of aliphatic hydroxyl groups excluding tert-OH is 1. The summed E-state index contributed by atoms with van der Waals surface area (Å²) in [6.07, 6.45) is -4.74. The molecule has 3 nitrogen and oxygen atoms in total. The van der Waals surface area contributed by atoms with E-state index in [1.165, 1.54) is 25.1 Å². The first-order chi connectivity index (χ1) is 7.65. The number of aliphatic hydroxyl groups is 1. The van der Waals surface area contributed by atoms with Crippen LogP contribution in [0.2, 0.25) is 0 Å². The van der Waals surface area contributed by atoms with Gasteiger partial charge in [-0.05, 0) is 53.3 Å². The Labute approximate surface area is 110 Å². The van der Waals surface area contributed by atoms with Crippen LogP contribution in [0.15, 0.2) is 18.2 Å². The van der Waals surface area contributed by atoms with E-state index in [1.54, 1.807) is 0 Å². The molecular formula is C10H11F3INO2. The highest BCUT2D eigenvalue weighted by Gasteiger charge is 2.32. The van der Waals surface area contributed by atoms with Crippen LogP contribution in [0.5, 0.6) is 5.75 Å². The predicted molar refractivity (Wildman–Crippen MR) is 64.5 cm³/mol. The summed E-state index contributed by atoms with van der Waals surface area (Å²) in [5.41, 5.74) is 5.07. The second kappa shape index (κ2) is 4.99. The van der Waals surface area contributed by atoms with Gasteiger partial charge in [0.15, 0.2) is 0 Å². The van der Waals surface area contributed by atoms with Crippen molar-refractivity contribution >= 4 is 22.6 Å². The van der Waals surface area contributed by atoms with Crippen LogP contribution in [0.4, 0.5) is 13.2 Å². The van der Waals surface area contributed by atoms with E-state index in [1.807, 2.05) is 22.6 Å². The van der Waals surface area contributed by atoms with Gasteiger partial charge in [0.25, 0.3) is 0 Å². The maximum absolute atomic E-state index is 12.0. The van der Waals surface area contributed by atoms with Crippen molar-refractivity contribution in [1.82, 2.24) is 0 Å². The van der Waals surface area contributed by atoms with Gasteiger partial charge < -0.3 is 15.6 Å². The van der Waals surface area contributed by atoms with Gasteiger partial charge in [0.05, 0.1) is 12.1 Å². The molecule has 0 aliphatic carbocycles. The van der Waals surface area contributed by atoms with E-state index in [4.69, 9.17) is 10.8 Å². The highest BCUT2D eigenvalue weighted by molar-refractivity contribution is 14.1. The number of halogens is 4. The molecule has 1 rings (SSSR count). The zero-order chi connectivity index (χ0) is 13.3. The van der Waals surface area contributed by atoms with Crippen molar-refractivity contribution in [3.05, 3.63) is 27.3 Å². The van der Waals surface area contributed by atoms with Gasteiger partial charge in [-0.25, -0.2) is 0 Å². The van der Waals surface area contributed by atoms with Crippen LogP contribution < -0.4 is 10.5 Å². The zero-order valence-corrected chi connectivity index (χ0v) is 11.0. The molecule has 0 saturated carbocycles. The number of nitrogens with two attached hydrogens (primary N) is 1. The van der Waals surface area contributed by atoms with Crippen LogP contribution >= 0.6 is 22.6 Å². The Kier molecular flexibility index (Phi) is 4.26. The molecule has 0 amide bonds. The number of rotatable bonds is 3. The molecular weight excluding hydrogens is 350 g/mol. The molecule has 3 N–H and O–H groups in total. The monoisotopic (exact) mass is 361 g/mol. The van der Waals surface area contributed by atoms with E-state index < -0.39 is 11.9 Å². The van der Waals surface area contributed by atoms with Crippen LogP contribution in [-0.2, 0) is 5.54 Å². The Balaban J connectivity index is 3.11. The number of ether oxygens (including phenoxy) is 1. The van der Waals surface area contributed by atoms with Gasteiger partial charge in [-0.3, -0.25) is 0 Å². The third kappa shape index (κ3) is 4.00. The van der Waals surface area contributed by atoms with Crippen LogP contribution in [0.3, 0.4) is 0 Å². The molecule has 0 saturated heterocycles. The Morgan fingerprint density at radius 3 is 2.47 bits per heavy atom. The van der Waals surface area contributed by atoms with Crippen molar-refractivity contribution in [3.8, 4) is 5.75 Å². The summed E-state index contributed by atoms with van der Waals surface area (Å²) in [6.45, 7) is 1.15. The molecule has 1 aromatic rings. The second-order valence-electron chi connectivity index (χ2n) is 3.77. The smallest absolute Gasteiger partial charge is 0.406 e. The molecule has 0 aliphatic heterocycles. The molecule has 96 valence electrons. The Hall–Kier alpha value is -0.540. The fourth-order valence-electron chi connectivity index (χ4n) is 1.22. The van der Waals surface area contributed by atoms with Crippen molar-refractivity contribution in [1.29, 1.82) is 0 Å². The lowest BCUT2D eigenvalue weighted by Crippen LogP contribution is -2.37. The van der Waals surface area contributed by atoms with Gasteiger partial charge in [0.2, 0.25) is 0 Å². The lowest BCUT2D eigenvalue weighted by atomic mass is 9.94. The fraction of sp³-hybridized carbons (Fsp3) is 0.400. The predicted octanol–water partition coefficient (Wildman–Crippen LogP) is 2.36. The van der Waals surface area contributed by atoms with Gasteiger partial charge in [-0.15, -0.1) is 13.2 Å². The SMILES string of the molecule is C[C@](N)(CO)c1cc(OC(F)(F)F)ccc1I. The Morgan fingerprint density at radius 2 is 2.00 bits per heavy atom. The van der Waals surface area contributed by atoms with E-state index in [0.29, 0.717) is 9.13 Å². The zero-order valence-electron chi connectivity index (χ0n) is 8.88. The Morgan fingerprint density at radius 1 is 1.41 bits per heavy atom. The van der Waals surface area contributed by atoms with Crippen molar-refractivity contribution < 1.29 is 23.0 Å². The van der Waals surface area contributed by atoms with Crippen molar-refractivity contribution in [2.75, 3.05) is 6.61 Å². The summed E-state index contributed by atoms with van der Waals surface area (Å²) in [4.78, 5) is 0. The summed E-state index contributed by atoms with van der Waals surface area (Å²) in [6, 6.07) is 3.84. The lowest BCUT2D eigenvalue weighted by molar-refractivity contribution is -0.274. The van der Waals surface area contributed by atoms with E-state index in [9.17, 15) is 13.2 Å². The largest absolute Gasteiger partial charge is 0.573 e. The van der Waals surface area contributed by atoms with Crippen LogP contribution in [-0.4, -0.2) is 18.1 Å². The first-order valence-corrected chi connectivity index (χ1v) is 5.69. The van der Waals surface area contributed by atoms with Gasteiger partial charge in [-0.2, -0.15) is 0 Å². The molecule has 17 heavy (non-hydrogen) atoms. The molecule has 0 unspecified atom stereocenters. The van der Waals surface area contributed by atoms with Crippen LogP contribution in [0.1, 0.15) is 12.5 Å². The summed E-state index contributed by atoms with van der Waals surface area (Å²) in [5, 5.41) is 9.10. The van der Waals surface area contributed by atoms with E-state index in [0.717, 1.165) is 0 Å². The van der Waals surface area contributed by atoms with Crippen molar-refractivity contribution in [3.63, 3.8) is 0 Å². The molecule has 0 heterocycles. The maximum Gasteiger partial charge on any atom is 0.573 e. The third-order valence-electron chi connectivity index (χ3n) is 2.12. The minimum absolute atomic E-state index is 0.349. The van der Waals surface area contributed by atoms with E-state index >= 15 is 0 Å². The Bertz CT molecular complexity index is 407. The average Bonchev–Trinajstić information content (AvgIpc) is 2.18. The normalized spacial score (nSPS) is 15.5. The van der Waals surface area contributed by atoms with E-state index in [2.05, 4.69) is 4.74 Å². The van der Waals surface area contributed by atoms with Gasteiger partial charge in [-0.1, -0.05) is 0 Å². The topological polar surface area (TPSA) is 55.5 Å². The van der Waals surface area contributed by atoms with E-state index in [-0.39, 0.29) is 12.4 Å². The number of hydrogen-bond donors (Lipinski definition) is 2. The summed E-state index contributed by atoms with van der Waals surface area (Å²) >= 11 is 1.93. The molecule has 0 radical (unpaired) electrons. The number of alkyl halides is 3. The fourth-order valence-corrected chi connectivity index (χ4v) is 2.18. The summed E-state index contributed by atoms with van der Waals surface area (Å²) in [7, 11) is 0. The van der Waals surface area contributed by atoms with Gasteiger partial charge in [0.1, 0.15) is 5.75 Å². The number of hydrogen-bond acceptors (Lipinski definition) is 3. The first kappa shape index (κ1) is 14.5. The minimum Gasteiger partial charge on any atom is -0.406 e. The van der Waals surface area contributed by atoms with Crippen LogP contribution in [0, 0.1) is 3.57 Å². The first-order valence-electron chi connectivity index (χ1n) is 4.61. The highest BCUT2D eigenvalue weighted by atomic mass is 127. The molecule has 1 aromatic carbocycles. The highest BCUT2D eigenvalue weighted by Crippen LogP contribution is 2.30. The average molecular weight is 361 g/mol. The summed E-state index contributed by atoms with van der Waals surface area (Å²) < 4.78 is 40.6. The second-order valence-corrected chi connectivity index (χ2v) is 4.93.